The molecule has 0 amide bonds. The first-order valence-electron chi connectivity index (χ1n) is 6.95. The summed E-state index contributed by atoms with van der Waals surface area (Å²) in [6.07, 6.45) is 6.49. The minimum Gasteiger partial charge on any atom is -0.396 e. The van der Waals surface area contributed by atoms with E-state index in [1.54, 1.807) is 14.1 Å². The molecule has 2 aromatic heterocycles. The molecule has 0 saturated heterocycles. The van der Waals surface area contributed by atoms with Crippen molar-refractivity contribution in [2.45, 2.75) is 12.8 Å². The maximum absolute atomic E-state index is 9.06. The Morgan fingerprint density at radius 3 is 2.36 bits per heavy atom. The molecular weight excluding hydrogens is 282 g/mol. The molecule has 0 radical (unpaired) electrons. The lowest BCUT2D eigenvalue weighted by Gasteiger charge is -2.12. The fraction of sp³-hybridized carbons (Fsp3) is 0.429. The first kappa shape index (κ1) is 15.7. The van der Waals surface area contributed by atoms with E-state index in [0.717, 1.165) is 5.69 Å². The summed E-state index contributed by atoms with van der Waals surface area (Å²) in [5.41, 5.74) is 2.00. The van der Waals surface area contributed by atoms with Gasteiger partial charge >= 0.3 is 0 Å². The first-order chi connectivity index (χ1) is 10.7. The fourth-order valence-corrected chi connectivity index (χ4v) is 1.98. The third-order valence-electron chi connectivity index (χ3n) is 2.99. The van der Waals surface area contributed by atoms with Crippen molar-refractivity contribution in [2.75, 3.05) is 43.2 Å². The molecule has 0 aliphatic rings. The number of terminal acetylenes is 1. The van der Waals surface area contributed by atoms with Crippen LogP contribution < -0.4 is 16.0 Å². The fourth-order valence-electron chi connectivity index (χ4n) is 1.98. The van der Waals surface area contributed by atoms with E-state index in [2.05, 4.69) is 41.8 Å². The maximum Gasteiger partial charge on any atom is 0.225 e. The van der Waals surface area contributed by atoms with Crippen molar-refractivity contribution in [1.82, 2.24) is 19.9 Å². The van der Waals surface area contributed by atoms with E-state index in [0.29, 0.717) is 48.1 Å². The molecule has 8 heteroatoms. The van der Waals surface area contributed by atoms with Crippen molar-refractivity contribution in [3.8, 4) is 12.3 Å². The molecule has 0 spiro atoms. The number of aliphatic hydroxyl groups is 1. The molecule has 2 heterocycles. The van der Waals surface area contributed by atoms with Crippen LogP contribution in [0.4, 0.5) is 17.7 Å². The molecule has 0 aromatic carbocycles. The van der Waals surface area contributed by atoms with Gasteiger partial charge in [-0.05, 0) is 12.8 Å². The Bertz CT molecular complexity index is 696. The zero-order valence-corrected chi connectivity index (χ0v) is 12.6. The van der Waals surface area contributed by atoms with Crippen LogP contribution in [0.2, 0.25) is 0 Å². The number of fused-ring (bicyclic) bond motifs is 1. The number of aryl methyl sites for hydroxylation is 1. The largest absolute Gasteiger partial charge is 0.396 e. The van der Waals surface area contributed by atoms with Crippen LogP contribution in [0.1, 0.15) is 12.1 Å². The van der Waals surface area contributed by atoms with Crippen LogP contribution in [-0.4, -0.2) is 52.3 Å². The van der Waals surface area contributed by atoms with Gasteiger partial charge in [-0.2, -0.15) is 4.98 Å². The van der Waals surface area contributed by atoms with Crippen LogP contribution in [-0.2, 0) is 6.42 Å². The Hall–Kier alpha value is -2.66. The first-order valence-corrected chi connectivity index (χ1v) is 6.95. The summed E-state index contributed by atoms with van der Waals surface area (Å²) in [6, 6.07) is 0. The number of hydrogen-bond acceptors (Lipinski definition) is 8. The topological polar surface area (TPSA) is 108 Å². The van der Waals surface area contributed by atoms with Crippen LogP contribution >= 0.6 is 0 Å². The van der Waals surface area contributed by atoms with Gasteiger partial charge in [-0.15, -0.1) is 6.42 Å². The Labute approximate surface area is 128 Å². The molecular formula is C14H19N7O. The van der Waals surface area contributed by atoms with E-state index in [9.17, 15) is 0 Å². The molecule has 0 saturated carbocycles. The molecule has 2 aromatic rings. The summed E-state index contributed by atoms with van der Waals surface area (Å²) in [7, 11) is 3.48. The molecule has 0 aliphatic heterocycles. The average molecular weight is 301 g/mol. The monoisotopic (exact) mass is 301 g/mol. The van der Waals surface area contributed by atoms with Crippen LogP contribution in [0.3, 0.4) is 0 Å². The zero-order valence-electron chi connectivity index (χ0n) is 12.6. The van der Waals surface area contributed by atoms with Crippen molar-refractivity contribution < 1.29 is 5.11 Å². The van der Waals surface area contributed by atoms with E-state index in [4.69, 9.17) is 11.5 Å². The van der Waals surface area contributed by atoms with E-state index >= 15 is 0 Å². The summed E-state index contributed by atoms with van der Waals surface area (Å²) >= 11 is 0. The molecule has 116 valence electrons. The lowest BCUT2D eigenvalue weighted by atomic mass is 10.2. The van der Waals surface area contributed by atoms with E-state index in [1.165, 1.54) is 0 Å². The highest BCUT2D eigenvalue weighted by atomic mass is 16.2. The van der Waals surface area contributed by atoms with Gasteiger partial charge in [0.1, 0.15) is 11.0 Å². The molecule has 0 bridgehead atoms. The summed E-state index contributed by atoms with van der Waals surface area (Å²) in [6.45, 7) is 0.423. The molecule has 0 aliphatic carbocycles. The number of nitrogens with one attached hydrogen (secondary N) is 3. The van der Waals surface area contributed by atoms with E-state index in [-0.39, 0.29) is 6.61 Å². The van der Waals surface area contributed by atoms with Crippen LogP contribution in [0.15, 0.2) is 0 Å². The quantitative estimate of drug-likeness (QED) is 0.547. The Morgan fingerprint density at radius 2 is 1.73 bits per heavy atom. The third-order valence-corrected chi connectivity index (χ3v) is 2.99. The Balaban J connectivity index is 2.64. The molecule has 0 unspecified atom stereocenters. The van der Waals surface area contributed by atoms with Gasteiger partial charge < -0.3 is 21.1 Å². The molecule has 0 atom stereocenters. The number of aromatic nitrogens is 4. The van der Waals surface area contributed by atoms with Crippen molar-refractivity contribution in [3.05, 3.63) is 5.69 Å². The van der Waals surface area contributed by atoms with Gasteiger partial charge in [0.15, 0.2) is 5.82 Å². The van der Waals surface area contributed by atoms with Gasteiger partial charge in [-0.25, -0.2) is 15.0 Å². The number of nitrogens with zero attached hydrogens (tertiary/aromatic N) is 4. The van der Waals surface area contributed by atoms with Gasteiger partial charge in [0.25, 0.3) is 0 Å². The molecule has 2 rings (SSSR count). The molecule has 0 fully saturated rings. The lowest BCUT2D eigenvalue weighted by Crippen LogP contribution is -2.10. The normalized spacial score (nSPS) is 10.3. The summed E-state index contributed by atoms with van der Waals surface area (Å²) < 4.78 is 0. The van der Waals surface area contributed by atoms with Crippen LogP contribution in [0.25, 0.3) is 11.0 Å². The minimum absolute atomic E-state index is 0.0898. The van der Waals surface area contributed by atoms with Gasteiger partial charge in [-0.1, -0.05) is 5.92 Å². The smallest absolute Gasteiger partial charge is 0.225 e. The lowest BCUT2D eigenvalue weighted by molar-refractivity contribution is 0.288. The van der Waals surface area contributed by atoms with Crippen molar-refractivity contribution in [2.24, 2.45) is 0 Å². The number of anilines is 3. The highest BCUT2D eigenvalue weighted by molar-refractivity contribution is 5.88. The summed E-state index contributed by atoms with van der Waals surface area (Å²) in [5.74, 6) is 4.00. The van der Waals surface area contributed by atoms with E-state index in [1.807, 2.05) is 0 Å². The third kappa shape index (κ3) is 3.32. The number of hydrogen-bond donors (Lipinski definition) is 4. The second kappa shape index (κ2) is 7.38. The molecule has 4 N–H and O–H groups in total. The minimum atomic E-state index is 0.0898. The second-order valence-corrected chi connectivity index (χ2v) is 4.47. The highest BCUT2D eigenvalue weighted by Crippen LogP contribution is 2.24. The number of rotatable bonds is 7. The average Bonchev–Trinajstić information content (AvgIpc) is 2.56. The van der Waals surface area contributed by atoms with Gasteiger partial charge in [0, 0.05) is 20.7 Å². The van der Waals surface area contributed by atoms with Gasteiger partial charge in [0.2, 0.25) is 11.9 Å². The predicted octanol–water partition coefficient (Wildman–Crippen LogP) is 0.473. The maximum atomic E-state index is 9.06. The van der Waals surface area contributed by atoms with Crippen molar-refractivity contribution >= 4 is 28.7 Å². The van der Waals surface area contributed by atoms with Crippen molar-refractivity contribution in [1.29, 1.82) is 0 Å². The standard InChI is InChI=1S/C14H19N7O/c1-4-7-17-12-11-10(19-14(16-3)21-12)9(6-5-8-22)18-13(15-2)20-11/h1,22H,5-8H2,2-3H3,(H,15,18,20)(H2,16,17,19,21). The Morgan fingerprint density at radius 1 is 1.05 bits per heavy atom. The van der Waals surface area contributed by atoms with Gasteiger partial charge in [-0.3, -0.25) is 0 Å². The Kier molecular flexibility index (Phi) is 5.27. The van der Waals surface area contributed by atoms with Crippen LogP contribution in [0, 0.1) is 12.3 Å². The second-order valence-electron chi connectivity index (χ2n) is 4.47. The summed E-state index contributed by atoms with van der Waals surface area (Å²) in [5, 5.41) is 17.9. The van der Waals surface area contributed by atoms with E-state index < -0.39 is 0 Å². The molecule has 8 nitrogen and oxygen atoms in total. The zero-order chi connectivity index (χ0) is 15.9. The van der Waals surface area contributed by atoms with Crippen LogP contribution in [0.5, 0.6) is 0 Å². The van der Waals surface area contributed by atoms with Crippen molar-refractivity contribution in [3.63, 3.8) is 0 Å². The predicted molar refractivity (Wildman–Crippen MR) is 87.0 cm³/mol. The van der Waals surface area contributed by atoms with Gasteiger partial charge in [0.05, 0.1) is 12.2 Å². The summed E-state index contributed by atoms with van der Waals surface area (Å²) in [4.78, 5) is 17.7. The SMILES string of the molecule is C#CCNc1nc(NC)nc2c(CCCO)nc(NC)nc12. The molecule has 22 heavy (non-hydrogen) atoms. The number of aliphatic hydroxyl groups excluding tert-OH is 1. The highest BCUT2D eigenvalue weighted by Gasteiger charge is 2.15.